The van der Waals surface area contributed by atoms with E-state index in [1.165, 1.54) is 263 Å². The number of aliphatic hydroxyl groups is 3. The zero-order chi connectivity index (χ0) is 103. The van der Waals surface area contributed by atoms with Crippen LogP contribution in [0.1, 0.15) is 540 Å². The van der Waals surface area contributed by atoms with Crippen molar-refractivity contribution in [3.63, 3.8) is 0 Å². The van der Waals surface area contributed by atoms with Gasteiger partial charge in [0.2, 0.25) is 0 Å². The molecule has 10 heteroatoms. The van der Waals surface area contributed by atoms with Gasteiger partial charge in [0, 0.05) is 25.7 Å². The van der Waals surface area contributed by atoms with Crippen molar-refractivity contribution >= 4 is 11.6 Å². The van der Waals surface area contributed by atoms with E-state index in [4.69, 9.17) is 14.2 Å². The molecule has 0 amide bonds. The van der Waals surface area contributed by atoms with E-state index < -0.39 is 28.1 Å². The predicted octanol–water partition coefficient (Wildman–Crippen LogP) is 35.1. The molecule has 8 nitrogen and oxygen atoms in total. The standard InChI is InChI=1S/2C23H39FO.2C22H36O2.2C22H38O/c1-15(2)23(25)11-9-19-17-7-6-16-14-20(3,24)12-13-21(16,4)18(17)8-10-22(19,23)5;1-15(2)25-20-9-8-18-17-7-6-16-14-21(3,24)12-13-22(16,4)19(17)10-11-23(18,20)5;1-14(2)22(24)12-9-19-17-6-5-15-13-16(23)7-10-20(15,3)18(17)8-11-21(19,22)4;1-14(2)24-20-8-7-18-17-6-5-15-13-16(23)9-11-21(15,3)19(17)10-12-22(18,20)4;1-15(2)22(23)14-11-19-17-9-8-16-7-5-6-12-20(16,3)18(17)10-13-21(19,22)4;1-15(2)23-20-11-10-18-17-9-8-16-7-5-6-13-21(16,3)19(17)12-14-22(18,20)4/h15-19,25H,6-14H2,1-5H3;15-20H,6-14H2,1-5H3;14-15,17-19,24H,5-13H2,1-4H3;14-15,17-20H,5-13H2,1-4H3;15-19,23H,5-14H2,1-4H3;15-20H,5-14H2,1-4H3/t16-,17+,18-,19-,20?,21-,22-,23+;16-,17-,18-,19-,20-,21?,22-,23-;15-,17+,18-,19-,20-,21-,22+;15-,17-,18-,19-,20-,21-,22-;16-,17-,18+,19+,20+,21+,22-;16-,17+,18+,19+,20+,21+,22+/m000011/s1. The first kappa shape index (κ1) is 111. The molecule has 0 heterocycles. The first-order chi connectivity index (χ1) is 67.5. The molecule has 0 saturated heterocycles. The van der Waals surface area contributed by atoms with Crippen LogP contribution >= 0.6 is 0 Å². The lowest BCUT2D eigenvalue weighted by molar-refractivity contribution is -0.172. The second-order valence-electron chi connectivity index (χ2n) is 63.8. The third-order valence-corrected chi connectivity index (χ3v) is 56.5. The van der Waals surface area contributed by atoms with Crippen LogP contribution in [0.4, 0.5) is 8.78 Å². The fourth-order valence-electron chi connectivity index (χ4n) is 48.0. The summed E-state index contributed by atoms with van der Waals surface area (Å²) in [5, 5.41) is 34.5. The van der Waals surface area contributed by atoms with Crippen LogP contribution in [0.15, 0.2) is 0 Å². The van der Waals surface area contributed by atoms with Crippen molar-refractivity contribution in [2.24, 2.45) is 225 Å². The molecule has 0 aliphatic heterocycles. The highest BCUT2D eigenvalue weighted by Gasteiger charge is 2.72. The highest BCUT2D eigenvalue weighted by molar-refractivity contribution is 5.80. The molecule has 3 N–H and O–H groups in total. The molecular weight excluding hydrogens is 1780 g/mol. The molecule has 24 rings (SSSR count). The Morgan fingerprint density at radius 2 is 0.465 bits per heavy atom. The molecule has 0 spiro atoms. The van der Waals surface area contributed by atoms with Crippen molar-refractivity contribution in [3.8, 4) is 0 Å². The lowest BCUT2D eigenvalue weighted by Gasteiger charge is -2.62. The summed E-state index contributed by atoms with van der Waals surface area (Å²) in [5.41, 5.74) is 1.30. The number of ether oxygens (including phenoxy) is 3. The number of carbonyl (C=O) groups excluding carboxylic acids is 2. The number of Topliss-reactive ketones (excluding diaryl/α,β-unsaturated/α-hetero) is 2. The molecule has 0 aromatic heterocycles. The van der Waals surface area contributed by atoms with Gasteiger partial charge in [0.1, 0.15) is 22.9 Å². The molecule has 824 valence electrons. The van der Waals surface area contributed by atoms with Gasteiger partial charge in [-0.15, -0.1) is 0 Å². The van der Waals surface area contributed by atoms with Crippen LogP contribution in [0, 0.1) is 225 Å². The van der Waals surface area contributed by atoms with Crippen molar-refractivity contribution in [2.75, 3.05) is 0 Å². The van der Waals surface area contributed by atoms with E-state index >= 15 is 0 Å². The van der Waals surface area contributed by atoms with Gasteiger partial charge in [-0.3, -0.25) is 9.59 Å². The maximum Gasteiger partial charge on any atom is 0.133 e. The fraction of sp³-hybridized carbons (Fsp3) is 0.985. The van der Waals surface area contributed by atoms with Gasteiger partial charge >= 0.3 is 0 Å². The molecule has 24 aliphatic carbocycles. The molecular formula is C134H226F2O8. The average molecular weight is 2000 g/mol. The molecule has 0 aromatic carbocycles. The van der Waals surface area contributed by atoms with E-state index in [9.17, 15) is 33.7 Å². The summed E-state index contributed by atoms with van der Waals surface area (Å²) >= 11 is 0. The number of alkyl halides is 2. The Morgan fingerprint density at radius 1 is 0.229 bits per heavy atom. The maximum absolute atomic E-state index is 14.7. The highest BCUT2D eigenvalue weighted by Crippen LogP contribution is 2.77. The Labute approximate surface area is 883 Å². The van der Waals surface area contributed by atoms with Crippen LogP contribution in [0.2, 0.25) is 0 Å². The number of halogens is 2. The molecule has 0 radical (unpaired) electrons. The predicted molar refractivity (Wildman–Crippen MR) is 588 cm³/mol. The number of hydrogen-bond acceptors (Lipinski definition) is 8. The summed E-state index contributed by atoms with van der Waals surface area (Å²) in [7, 11) is 0. The lowest BCUT2D eigenvalue weighted by Crippen LogP contribution is -2.58. The van der Waals surface area contributed by atoms with Crippen molar-refractivity contribution < 1.29 is 47.9 Å². The Bertz CT molecular complexity index is 4430. The first-order valence-corrected chi connectivity index (χ1v) is 64.1. The Balaban J connectivity index is 0.000000109. The van der Waals surface area contributed by atoms with Gasteiger partial charge in [-0.1, -0.05) is 150 Å². The lowest BCUT2D eigenvalue weighted by atomic mass is 9.43. The monoisotopic (exact) mass is 2000 g/mol. The summed E-state index contributed by atoms with van der Waals surface area (Å²) in [6.45, 7) is 60.5. The molecule has 0 aromatic rings. The quantitative estimate of drug-likeness (QED) is 0.209. The van der Waals surface area contributed by atoms with Gasteiger partial charge in [-0.25, -0.2) is 8.78 Å². The van der Waals surface area contributed by atoms with Crippen molar-refractivity contribution in [1.29, 1.82) is 0 Å². The molecule has 144 heavy (non-hydrogen) atoms. The third kappa shape index (κ3) is 18.3. The minimum absolute atomic E-state index is 0.0921. The number of fused-ring (bicyclic) bond motifs is 30. The second-order valence-corrected chi connectivity index (χ2v) is 63.8. The third-order valence-electron chi connectivity index (χ3n) is 56.5. The number of rotatable bonds is 9. The zero-order valence-electron chi connectivity index (χ0n) is 98.3. The van der Waals surface area contributed by atoms with Crippen LogP contribution in [-0.4, -0.2) is 91.7 Å². The molecule has 44 atom stereocenters. The smallest absolute Gasteiger partial charge is 0.133 e. The van der Waals surface area contributed by atoms with Crippen LogP contribution in [0.3, 0.4) is 0 Å². The van der Waals surface area contributed by atoms with Gasteiger partial charge in [0.15, 0.2) is 0 Å². The van der Waals surface area contributed by atoms with Gasteiger partial charge < -0.3 is 29.5 Å². The van der Waals surface area contributed by atoms with Crippen LogP contribution in [0.25, 0.3) is 0 Å². The fourth-order valence-corrected chi connectivity index (χ4v) is 48.0. The summed E-state index contributed by atoms with van der Waals surface area (Å²) in [6, 6.07) is 0. The average Bonchev–Trinajstić information content (AvgIpc) is 1.53. The number of ketones is 2. The number of carbonyl (C=O) groups is 2. The summed E-state index contributed by atoms with van der Waals surface area (Å²) in [6.07, 6.45) is 72.4. The largest absolute Gasteiger partial charge is 0.389 e. The minimum Gasteiger partial charge on any atom is -0.389 e. The maximum atomic E-state index is 14.7. The van der Waals surface area contributed by atoms with Crippen LogP contribution in [0.5, 0.6) is 0 Å². The van der Waals surface area contributed by atoms with Gasteiger partial charge in [0.25, 0.3) is 0 Å². The molecule has 0 bridgehead atoms. The van der Waals surface area contributed by atoms with Crippen LogP contribution in [-0.2, 0) is 23.8 Å². The highest BCUT2D eigenvalue weighted by atomic mass is 19.1. The van der Waals surface area contributed by atoms with Gasteiger partial charge in [-0.05, 0) is 588 Å². The van der Waals surface area contributed by atoms with E-state index in [1.54, 1.807) is 0 Å². The van der Waals surface area contributed by atoms with E-state index in [2.05, 4.69) is 166 Å². The topological polar surface area (TPSA) is 123 Å². The second kappa shape index (κ2) is 40.2. The van der Waals surface area contributed by atoms with Crippen molar-refractivity contribution in [2.45, 2.75) is 604 Å². The molecule has 24 saturated carbocycles. The van der Waals surface area contributed by atoms with Crippen molar-refractivity contribution in [3.05, 3.63) is 0 Å². The minimum atomic E-state index is -0.939. The number of hydrogen-bond donors (Lipinski definition) is 3. The van der Waals surface area contributed by atoms with Crippen molar-refractivity contribution in [1.82, 2.24) is 0 Å². The molecule has 24 fully saturated rings. The van der Waals surface area contributed by atoms with Gasteiger partial charge in [-0.2, -0.15) is 0 Å². The summed E-state index contributed by atoms with van der Waals surface area (Å²) in [4.78, 5) is 24.0. The Kier molecular flexibility index (Phi) is 31.0. The van der Waals surface area contributed by atoms with E-state index in [0.717, 1.165) is 203 Å². The summed E-state index contributed by atoms with van der Waals surface area (Å²) in [5.74, 6) is 21.9. The summed E-state index contributed by atoms with van der Waals surface area (Å²) < 4.78 is 48.5. The van der Waals surface area contributed by atoms with Gasteiger partial charge in [0.05, 0.1) is 53.4 Å². The Morgan fingerprint density at radius 3 is 0.743 bits per heavy atom. The first-order valence-electron chi connectivity index (χ1n) is 64.1. The molecule has 24 aliphatic rings. The Hall–Kier alpha value is -1.04. The zero-order valence-corrected chi connectivity index (χ0v) is 98.3. The normalized spacial score (nSPS) is 54.8. The SMILES string of the molecule is CC(C)O[C@H]1CC[C@H]2[C@@H]3CC[C@H]4CC(=O)CC[C@]4(C)[C@H]3CC[C@]12C.CC(C)O[C@H]1CC[C@H]2[C@@H]3CC[C@H]4CC(C)(F)CC[C@]4(C)[C@H]3CC[C@]12C.CC(C)O[C@H]1CC[C@H]2[C@@H]3CC[C@H]4CCCC[C@]4(C)[C@H]3CC[C@]12C.CC(C)[C@]1(O)CC[C@H]2[C@@H]3CC[C@H]4CC(=O)CC[C@]4(C)[C@H]3CC[C@@]21C.CC(C)[C@]1(O)CC[C@H]2[C@@H]3CC[C@H]4CC(C)(F)CC[C@]4(C)[C@H]3CC[C@@]21C.CC(C)[C@]1(O)CC[C@H]2[C@@H]3CC[C@H]4CCCC[C@]4(C)[C@H]3CC[C@@]21C. The molecule has 2 unspecified atom stereocenters. The van der Waals surface area contributed by atoms with E-state index in [-0.39, 0.29) is 16.2 Å². The van der Waals surface area contributed by atoms with E-state index in [0.29, 0.717) is 150 Å². The van der Waals surface area contributed by atoms with E-state index in [1.807, 2.05) is 13.8 Å². The van der Waals surface area contributed by atoms with Crippen LogP contribution < -0.4 is 0 Å².